The summed E-state index contributed by atoms with van der Waals surface area (Å²) in [4.78, 5) is 4.32. The molecule has 1 N–H and O–H groups in total. The minimum Gasteiger partial charge on any atom is -0.353 e. The molecule has 3 heteroatoms. The number of nitrogens with one attached hydrogen (secondary N) is 1. The van der Waals surface area contributed by atoms with Crippen LogP contribution in [-0.2, 0) is 0 Å². The third-order valence-corrected chi connectivity index (χ3v) is 2.64. The number of anilines is 1. The molecule has 0 bridgehead atoms. The fourth-order valence-electron chi connectivity index (χ4n) is 1.39. The van der Waals surface area contributed by atoms with Crippen molar-refractivity contribution in [1.29, 1.82) is 0 Å². The van der Waals surface area contributed by atoms with E-state index in [2.05, 4.69) is 34.9 Å². The largest absolute Gasteiger partial charge is 0.353 e. The summed E-state index contributed by atoms with van der Waals surface area (Å²) in [5.41, 5.74) is 0. The number of aromatic nitrogens is 2. The first-order chi connectivity index (χ1) is 6.31. The van der Waals surface area contributed by atoms with Gasteiger partial charge in [-0.05, 0) is 26.2 Å². The second-order valence-electron chi connectivity index (χ2n) is 3.83. The smallest absolute Gasteiger partial charge is 0.203 e. The van der Waals surface area contributed by atoms with E-state index in [4.69, 9.17) is 0 Å². The molecule has 0 spiro atoms. The predicted molar refractivity (Wildman–Crippen MR) is 53.9 cm³/mol. The van der Waals surface area contributed by atoms with Gasteiger partial charge >= 0.3 is 0 Å². The molecule has 1 aliphatic rings. The van der Waals surface area contributed by atoms with Gasteiger partial charge < -0.3 is 9.88 Å². The van der Waals surface area contributed by atoms with E-state index in [1.165, 1.54) is 12.8 Å². The van der Waals surface area contributed by atoms with Crippen molar-refractivity contribution in [3.63, 3.8) is 0 Å². The zero-order chi connectivity index (χ0) is 9.26. The fraction of sp³-hybridized carbons (Fsp3) is 0.700. The van der Waals surface area contributed by atoms with Crippen molar-refractivity contribution < 1.29 is 0 Å². The minimum atomic E-state index is 0.545. The summed E-state index contributed by atoms with van der Waals surface area (Å²) < 4.78 is 2.22. The van der Waals surface area contributed by atoms with Gasteiger partial charge in [-0.15, -0.1) is 0 Å². The van der Waals surface area contributed by atoms with Crippen molar-refractivity contribution in [2.75, 3.05) is 5.32 Å². The highest BCUT2D eigenvalue weighted by molar-refractivity contribution is 5.30. The maximum atomic E-state index is 4.32. The summed E-state index contributed by atoms with van der Waals surface area (Å²) >= 11 is 0. The first kappa shape index (κ1) is 8.60. The Kier molecular flexibility index (Phi) is 2.25. The Bertz CT molecular complexity index is 275. The quantitative estimate of drug-likeness (QED) is 0.769. The first-order valence-corrected chi connectivity index (χ1v) is 5.10. The second-order valence-corrected chi connectivity index (χ2v) is 3.83. The lowest BCUT2D eigenvalue weighted by Crippen LogP contribution is -2.11. The standard InChI is InChI=1S/C10H17N3/c1-3-8(2)13-7-6-11-10(13)12-9-4-5-9/h6-9H,3-5H2,1-2H3,(H,11,12). The zero-order valence-corrected chi connectivity index (χ0v) is 8.33. The molecule has 0 aromatic carbocycles. The summed E-state index contributed by atoms with van der Waals surface area (Å²) in [6.07, 6.45) is 7.67. The second kappa shape index (κ2) is 3.40. The van der Waals surface area contributed by atoms with Crippen LogP contribution in [0.5, 0.6) is 0 Å². The molecule has 1 fully saturated rings. The Morgan fingerprint density at radius 1 is 1.69 bits per heavy atom. The number of imidazole rings is 1. The molecule has 1 unspecified atom stereocenters. The van der Waals surface area contributed by atoms with E-state index in [-0.39, 0.29) is 0 Å². The first-order valence-electron chi connectivity index (χ1n) is 5.10. The third-order valence-electron chi connectivity index (χ3n) is 2.64. The molecule has 0 amide bonds. The lowest BCUT2D eigenvalue weighted by Gasteiger charge is -2.14. The van der Waals surface area contributed by atoms with Gasteiger partial charge in [0, 0.05) is 24.5 Å². The molecular weight excluding hydrogens is 162 g/mol. The van der Waals surface area contributed by atoms with Crippen molar-refractivity contribution in [1.82, 2.24) is 9.55 Å². The predicted octanol–water partition coefficient (Wildman–Crippen LogP) is 2.43. The van der Waals surface area contributed by atoms with Crippen LogP contribution in [0.1, 0.15) is 39.2 Å². The maximum Gasteiger partial charge on any atom is 0.203 e. The van der Waals surface area contributed by atoms with Crippen LogP contribution in [0.4, 0.5) is 5.95 Å². The van der Waals surface area contributed by atoms with E-state index in [1.54, 1.807) is 0 Å². The van der Waals surface area contributed by atoms with E-state index < -0.39 is 0 Å². The molecule has 0 radical (unpaired) electrons. The SMILES string of the molecule is CCC(C)n1ccnc1NC1CC1. The monoisotopic (exact) mass is 179 g/mol. The van der Waals surface area contributed by atoms with Gasteiger partial charge in [0.1, 0.15) is 0 Å². The van der Waals surface area contributed by atoms with E-state index >= 15 is 0 Å². The molecule has 1 heterocycles. The molecule has 72 valence electrons. The molecule has 0 saturated heterocycles. The van der Waals surface area contributed by atoms with E-state index in [0.29, 0.717) is 12.1 Å². The number of hydrogen-bond donors (Lipinski definition) is 1. The Morgan fingerprint density at radius 3 is 3.08 bits per heavy atom. The molecule has 2 rings (SSSR count). The lowest BCUT2D eigenvalue weighted by molar-refractivity contribution is 0.535. The average Bonchev–Trinajstić information content (AvgIpc) is 2.82. The van der Waals surface area contributed by atoms with Crippen LogP contribution >= 0.6 is 0 Å². The minimum absolute atomic E-state index is 0.545. The fourth-order valence-corrected chi connectivity index (χ4v) is 1.39. The molecule has 1 saturated carbocycles. The Balaban J connectivity index is 2.09. The van der Waals surface area contributed by atoms with Gasteiger partial charge in [-0.1, -0.05) is 6.92 Å². The lowest BCUT2D eigenvalue weighted by atomic mass is 10.2. The highest BCUT2D eigenvalue weighted by Crippen LogP contribution is 2.25. The Hall–Kier alpha value is -0.990. The van der Waals surface area contributed by atoms with Gasteiger partial charge in [-0.25, -0.2) is 4.98 Å². The van der Waals surface area contributed by atoms with Crippen LogP contribution in [0.2, 0.25) is 0 Å². The van der Waals surface area contributed by atoms with Gasteiger partial charge in [0.15, 0.2) is 0 Å². The Morgan fingerprint density at radius 2 is 2.46 bits per heavy atom. The van der Waals surface area contributed by atoms with Crippen molar-refractivity contribution in [3.05, 3.63) is 12.4 Å². The molecule has 1 aromatic heterocycles. The average molecular weight is 179 g/mol. The summed E-state index contributed by atoms with van der Waals surface area (Å²) in [5, 5.41) is 3.43. The normalized spacial score (nSPS) is 18.6. The van der Waals surface area contributed by atoms with Crippen LogP contribution in [0.25, 0.3) is 0 Å². The molecule has 1 atom stereocenters. The van der Waals surface area contributed by atoms with E-state index in [0.717, 1.165) is 12.4 Å². The third kappa shape index (κ3) is 1.85. The van der Waals surface area contributed by atoms with Gasteiger partial charge in [-0.2, -0.15) is 0 Å². The molecule has 0 aliphatic heterocycles. The van der Waals surface area contributed by atoms with Gasteiger partial charge in [0.2, 0.25) is 5.95 Å². The van der Waals surface area contributed by atoms with Crippen LogP contribution in [0, 0.1) is 0 Å². The summed E-state index contributed by atoms with van der Waals surface area (Å²) in [6.45, 7) is 4.42. The van der Waals surface area contributed by atoms with Gasteiger partial charge in [0.25, 0.3) is 0 Å². The van der Waals surface area contributed by atoms with E-state index in [9.17, 15) is 0 Å². The van der Waals surface area contributed by atoms with Crippen LogP contribution in [0.3, 0.4) is 0 Å². The summed E-state index contributed by atoms with van der Waals surface area (Å²) in [6, 6.07) is 1.23. The van der Waals surface area contributed by atoms with Crippen LogP contribution in [0.15, 0.2) is 12.4 Å². The van der Waals surface area contributed by atoms with E-state index in [1.807, 2.05) is 6.20 Å². The maximum absolute atomic E-state index is 4.32. The van der Waals surface area contributed by atoms with Gasteiger partial charge in [0.05, 0.1) is 0 Å². The van der Waals surface area contributed by atoms with Crippen LogP contribution in [-0.4, -0.2) is 15.6 Å². The highest BCUT2D eigenvalue weighted by atomic mass is 15.2. The molecule has 1 aliphatic carbocycles. The zero-order valence-electron chi connectivity index (χ0n) is 8.33. The Labute approximate surface area is 79.2 Å². The summed E-state index contributed by atoms with van der Waals surface area (Å²) in [5.74, 6) is 1.04. The van der Waals surface area contributed by atoms with Gasteiger partial charge in [-0.3, -0.25) is 0 Å². The van der Waals surface area contributed by atoms with Crippen molar-refractivity contribution >= 4 is 5.95 Å². The molecule has 1 aromatic rings. The molecule has 13 heavy (non-hydrogen) atoms. The summed E-state index contributed by atoms with van der Waals surface area (Å²) in [7, 11) is 0. The van der Waals surface area contributed by atoms with Crippen LogP contribution < -0.4 is 5.32 Å². The molecule has 3 nitrogen and oxygen atoms in total. The highest BCUT2D eigenvalue weighted by Gasteiger charge is 2.23. The number of rotatable bonds is 4. The molecular formula is C10H17N3. The van der Waals surface area contributed by atoms with Crippen molar-refractivity contribution in [3.8, 4) is 0 Å². The van der Waals surface area contributed by atoms with Crippen molar-refractivity contribution in [2.24, 2.45) is 0 Å². The number of nitrogens with zero attached hydrogens (tertiary/aromatic N) is 2. The van der Waals surface area contributed by atoms with Crippen molar-refractivity contribution in [2.45, 2.75) is 45.2 Å². The number of hydrogen-bond acceptors (Lipinski definition) is 2. The topological polar surface area (TPSA) is 29.9 Å².